The number of methoxy groups -OCH3 is 1. The Morgan fingerprint density at radius 1 is 1.36 bits per heavy atom. The molecule has 1 amide bonds. The molecule has 3 rings (SSSR count). The zero-order chi connectivity index (χ0) is 20.3. The molecule has 6 heteroatoms. The second-order valence-electron chi connectivity index (χ2n) is 8.37. The molecule has 0 radical (unpaired) electrons. The van der Waals surface area contributed by atoms with E-state index in [-0.39, 0.29) is 35.9 Å². The summed E-state index contributed by atoms with van der Waals surface area (Å²) >= 11 is 0. The molecule has 0 spiro atoms. The van der Waals surface area contributed by atoms with Crippen molar-refractivity contribution in [3.05, 3.63) is 24.2 Å². The van der Waals surface area contributed by atoms with Crippen LogP contribution in [0, 0.1) is 11.8 Å². The van der Waals surface area contributed by atoms with Crippen molar-refractivity contribution in [3.63, 3.8) is 0 Å². The summed E-state index contributed by atoms with van der Waals surface area (Å²) in [7, 11) is 1.74. The van der Waals surface area contributed by atoms with Crippen LogP contribution >= 0.6 is 0 Å². The predicted molar refractivity (Wildman–Crippen MR) is 111 cm³/mol. The van der Waals surface area contributed by atoms with E-state index >= 15 is 0 Å². The van der Waals surface area contributed by atoms with E-state index in [0.717, 1.165) is 49.1 Å². The number of amides is 1. The third-order valence-corrected chi connectivity index (χ3v) is 6.11. The minimum atomic E-state index is -0.128. The maximum atomic E-state index is 13.1. The first kappa shape index (κ1) is 20.8. The van der Waals surface area contributed by atoms with Crippen molar-refractivity contribution < 1.29 is 9.53 Å². The van der Waals surface area contributed by atoms with Crippen molar-refractivity contribution in [2.45, 2.75) is 78.0 Å². The number of rotatable bonds is 7. The van der Waals surface area contributed by atoms with E-state index in [9.17, 15) is 4.79 Å². The van der Waals surface area contributed by atoms with Crippen LogP contribution < -0.4 is 5.32 Å². The van der Waals surface area contributed by atoms with Crippen molar-refractivity contribution in [2.75, 3.05) is 7.11 Å². The van der Waals surface area contributed by atoms with Gasteiger partial charge in [0.05, 0.1) is 12.1 Å². The number of aromatic nitrogens is 3. The molecule has 4 atom stereocenters. The van der Waals surface area contributed by atoms with Gasteiger partial charge in [-0.25, -0.2) is 9.97 Å². The standard InChI is InChI=1S/C22H34N4O2/c1-6-15(4)19(25-22(27)16-9-7-10-17(13-16)28-5)21-24-18-11-8-12-23-20(18)26(21)14(2)3/h8,11-12,14-17,19H,6-7,9-10,13H2,1-5H3,(H,25,27)/t15-,16-,17-,19-/m0/s1. The molecule has 0 aliphatic heterocycles. The number of ether oxygens (including phenoxy) is 1. The summed E-state index contributed by atoms with van der Waals surface area (Å²) in [5.41, 5.74) is 1.76. The van der Waals surface area contributed by atoms with Crippen molar-refractivity contribution in [2.24, 2.45) is 11.8 Å². The number of nitrogens with one attached hydrogen (secondary N) is 1. The number of hydrogen-bond donors (Lipinski definition) is 1. The molecule has 1 aliphatic rings. The van der Waals surface area contributed by atoms with Gasteiger partial charge in [-0.05, 0) is 51.2 Å². The van der Waals surface area contributed by atoms with E-state index in [1.807, 2.05) is 12.1 Å². The van der Waals surface area contributed by atoms with E-state index in [4.69, 9.17) is 9.72 Å². The molecule has 0 bridgehead atoms. The van der Waals surface area contributed by atoms with Crippen molar-refractivity contribution >= 4 is 17.1 Å². The highest BCUT2D eigenvalue weighted by molar-refractivity contribution is 5.79. The number of nitrogens with zero attached hydrogens (tertiary/aromatic N) is 3. The highest BCUT2D eigenvalue weighted by atomic mass is 16.5. The summed E-state index contributed by atoms with van der Waals surface area (Å²) in [6.07, 6.45) is 6.78. The Morgan fingerprint density at radius 2 is 2.14 bits per heavy atom. The van der Waals surface area contributed by atoms with Gasteiger partial charge in [0.25, 0.3) is 0 Å². The average Bonchev–Trinajstić information content (AvgIpc) is 3.10. The van der Waals surface area contributed by atoms with Gasteiger partial charge in [0, 0.05) is 25.3 Å². The lowest BCUT2D eigenvalue weighted by Crippen LogP contribution is -2.40. The highest BCUT2D eigenvalue weighted by Gasteiger charge is 2.32. The SMILES string of the molecule is CC[C@H](C)[C@H](NC(=O)[C@H]1CCC[C@H](OC)C1)c1nc2cccnc2n1C(C)C. The van der Waals surface area contributed by atoms with E-state index in [0.29, 0.717) is 0 Å². The van der Waals surface area contributed by atoms with Crippen LogP contribution in [0.25, 0.3) is 11.2 Å². The first-order valence-electron chi connectivity index (χ1n) is 10.6. The third-order valence-electron chi connectivity index (χ3n) is 6.11. The summed E-state index contributed by atoms with van der Waals surface area (Å²) in [6.45, 7) is 8.62. The number of hydrogen-bond acceptors (Lipinski definition) is 4. The van der Waals surface area contributed by atoms with Crippen molar-refractivity contribution in [3.8, 4) is 0 Å². The minimum absolute atomic E-state index is 0.0141. The molecule has 154 valence electrons. The molecule has 6 nitrogen and oxygen atoms in total. The number of pyridine rings is 1. The number of imidazole rings is 1. The fourth-order valence-corrected chi connectivity index (χ4v) is 4.24. The second kappa shape index (κ2) is 9.03. The predicted octanol–water partition coefficient (Wildman–Crippen LogP) is 4.42. The summed E-state index contributed by atoms with van der Waals surface area (Å²) in [5.74, 6) is 1.33. The van der Waals surface area contributed by atoms with Crippen LogP contribution in [-0.2, 0) is 9.53 Å². The molecule has 28 heavy (non-hydrogen) atoms. The van der Waals surface area contributed by atoms with E-state index < -0.39 is 0 Å². The molecule has 0 aromatic carbocycles. The molecule has 1 N–H and O–H groups in total. The molecule has 1 fully saturated rings. The van der Waals surface area contributed by atoms with Crippen LogP contribution in [0.3, 0.4) is 0 Å². The molecule has 0 unspecified atom stereocenters. The van der Waals surface area contributed by atoms with Crippen LogP contribution in [0.1, 0.15) is 77.7 Å². The van der Waals surface area contributed by atoms with Crippen LogP contribution in [0.4, 0.5) is 0 Å². The summed E-state index contributed by atoms with van der Waals surface area (Å²) in [4.78, 5) is 22.6. The summed E-state index contributed by atoms with van der Waals surface area (Å²) in [5, 5.41) is 3.35. The van der Waals surface area contributed by atoms with E-state index in [1.165, 1.54) is 0 Å². The van der Waals surface area contributed by atoms with Gasteiger partial charge in [-0.1, -0.05) is 26.7 Å². The Hall–Kier alpha value is -1.95. The van der Waals surface area contributed by atoms with Crippen molar-refractivity contribution in [1.82, 2.24) is 19.9 Å². The fraction of sp³-hybridized carbons (Fsp3) is 0.682. The van der Waals surface area contributed by atoms with Gasteiger partial charge >= 0.3 is 0 Å². The Labute approximate surface area is 168 Å². The largest absolute Gasteiger partial charge is 0.381 e. The van der Waals surface area contributed by atoms with Crippen LogP contribution in [0.2, 0.25) is 0 Å². The van der Waals surface area contributed by atoms with E-state index in [2.05, 4.69) is 42.6 Å². The topological polar surface area (TPSA) is 69.0 Å². The summed E-state index contributed by atoms with van der Waals surface area (Å²) in [6, 6.07) is 3.99. The first-order chi connectivity index (χ1) is 13.5. The van der Waals surface area contributed by atoms with Gasteiger partial charge in [-0.15, -0.1) is 0 Å². The fourth-order valence-electron chi connectivity index (χ4n) is 4.24. The molecule has 1 aliphatic carbocycles. The number of carbonyl (C=O) groups excluding carboxylic acids is 1. The quantitative estimate of drug-likeness (QED) is 0.765. The molecular formula is C22H34N4O2. The number of fused-ring (bicyclic) bond motifs is 1. The van der Waals surface area contributed by atoms with Gasteiger partial charge in [-0.2, -0.15) is 0 Å². The second-order valence-corrected chi connectivity index (χ2v) is 8.37. The van der Waals surface area contributed by atoms with Gasteiger partial charge in [0.15, 0.2) is 5.65 Å². The van der Waals surface area contributed by atoms with Gasteiger partial charge in [0.1, 0.15) is 11.3 Å². The lowest BCUT2D eigenvalue weighted by molar-refractivity contribution is -0.128. The van der Waals surface area contributed by atoms with Gasteiger partial charge in [-0.3, -0.25) is 4.79 Å². The maximum Gasteiger partial charge on any atom is 0.223 e. The number of carbonyl (C=O) groups is 1. The first-order valence-corrected chi connectivity index (χ1v) is 10.6. The smallest absolute Gasteiger partial charge is 0.223 e. The Bertz CT molecular complexity index is 801. The van der Waals surface area contributed by atoms with E-state index in [1.54, 1.807) is 13.3 Å². The zero-order valence-electron chi connectivity index (χ0n) is 17.8. The molecule has 2 heterocycles. The molecule has 2 aromatic heterocycles. The molecule has 0 saturated heterocycles. The monoisotopic (exact) mass is 386 g/mol. The minimum Gasteiger partial charge on any atom is -0.381 e. The Balaban J connectivity index is 1.92. The highest BCUT2D eigenvalue weighted by Crippen LogP contribution is 2.31. The summed E-state index contributed by atoms with van der Waals surface area (Å²) < 4.78 is 7.69. The molecule has 1 saturated carbocycles. The normalized spacial score (nSPS) is 22.4. The van der Waals surface area contributed by atoms with Crippen LogP contribution in [-0.4, -0.2) is 33.7 Å². The van der Waals surface area contributed by atoms with Crippen LogP contribution in [0.15, 0.2) is 18.3 Å². The molecule has 2 aromatic rings. The van der Waals surface area contributed by atoms with Gasteiger partial charge < -0.3 is 14.6 Å². The maximum absolute atomic E-state index is 13.1. The lowest BCUT2D eigenvalue weighted by atomic mass is 9.86. The Kier molecular flexibility index (Phi) is 6.70. The van der Waals surface area contributed by atoms with Crippen LogP contribution in [0.5, 0.6) is 0 Å². The zero-order valence-corrected chi connectivity index (χ0v) is 17.8. The Morgan fingerprint density at radius 3 is 2.82 bits per heavy atom. The van der Waals surface area contributed by atoms with Crippen molar-refractivity contribution in [1.29, 1.82) is 0 Å². The molecular weight excluding hydrogens is 352 g/mol. The lowest BCUT2D eigenvalue weighted by Gasteiger charge is -2.31. The third kappa shape index (κ3) is 4.22. The van der Waals surface area contributed by atoms with Gasteiger partial charge in [0.2, 0.25) is 5.91 Å². The average molecular weight is 387 g/mol.